The fraction of sp³-hybridized carbons (Fsp3) is 0.619. The van der Waals surface area contributed by atoms with Crippen LogP contribution < -0.4 is 10.6 Å². The molecule has 0 aromatic heterocycles. The molecule has 28 heavy (non-hydrogen) atoms. The number of aryl methyl sites for hydroxylation is 1. The minimum absolute atomic E-state index is 0. The SMILES string of the molecule is CN(C)C(=O)CN=C(NC1CCc2ccccc2C1)NC1CC2CCC1O2.I. The van der Waals surface area contributed by atoms with Crippen molar-refractivity contribution in [2.24, 2.45) is 4.99 Å². The number of nitrogens with zero attached hydrogens (tertiary/aromatic N) is 2. The third-order valence-electron chi connectivity index (χ3n) is 5.99. The van der Waals surface area contributed by atoms with E-state index in [0.29, 0.717) is 18.2 Å². The van der Waals surface area contributed by atoms with E-state index in [4.69, 9.17) is 4.74 Å². The fourth-order valence-electron chi connectivity index (χ4n) is 4.40. The lowest BCUT2D eigenvalue weighted by Crippen LogP contribution is -2.51. The average molecular weight is 498 g/mol. The van der Waals surface area contributed by atoms with Crippen LogP contribution in [0.1, 0.15) is 36.8 Å². The van der Waals surface area contributed by atoms with Crippen LogP contribution in [0.5, 0.6) is 0 Å². The number of nitrogens with one attached hydrogen (secondary N) is 2. The van der Waals surface area contributed by atoms with Crippen molar-refractivity contribution in [3.63, 3.8) is 0 Å². The van der Waals surface area contributed by atoms with Gasteiger partial charge in [-0.1, -0.05) is 24.3 Å². The third-order valence-corrected chi connectivity index (χ3v) is 5.99. The van der Waals surface area contributed by atoms with Crippen LogP contribution in [0.2, 0.25) is 0 Å². The number of guanidine groups is 1. The summed E-state index contributed by atoms with van der Waals surface area (Å²) in [6.07, 6.45) is 7.12. The van der Waals surface area contributed by atoms with Gasteiger partial charge in [-0.2, -0.15) is 0 Å². The van der Waals surface area contributed by atoms with Gasteiger partial charge in [-0.25, -0.2) is 4.99 Å². The predicted molar refractivity (Wildman–Crippen MR) is 121 cm³/mol. The molecule has 154 valence electrons. The number of aliphatic imine (C=N–C) groups is 1. The van der Waals surface area contributed by atoms with Crippen molar-refractivity contribution in [3.8, 4) is 0 Å². The Labute approximate surface area is 184 Å². The number of hydrogen-bond donors (Lipinski definition) is 2. The molecule has 2 bridgehead atoms. The summed E-state index contributed by atoms with van der Waals surface area (Å²) in [7, 11) is 3.53. The number of carbonyl (C=O) groups excluding carboxylic acids is 1. The van der Waals surface area contributed by atoms with Crippen LogP contribution >= 0.6 is 24.0 Å². The highest BCUT2D eigenvalue weighted by molar-refractivity contribution is 14.0. The van der Waals surface area contributed by atoms with Gasteiger partial charge in [0.1, 0.15) is 6.54 Å². The molecule has 1 aromatic carbocycles. The van der Waals surface area contributed by atoms with Crippen molar-refractivity contribution in [2.45, 2.75) is 62.8 Å². The first kappa shape index (κ1) is 21.4. The Hall–Kier alpha value is -1.35. The van der Waals surface area contributed by atoms with Gasteiger partial charge < -0.3 is 20.3 Å². The first-order chi connectivity index (χ1) is 13.1. The summed E-state index contributed by atoms with van der Waals surface area (Å²) in [5.41, 5.74) is 2.86. The van der Waals surface area contributed by atoms with Crippen LogP contribution in [0.15, 0.2) is 29.3 Å². The zero-order valence-corrected chi connectivity index (χ0v) is 19.0. The number of ether oxygens (including phenoxy) is 1. The van der Waals surface area contributed by atoms with Gasteiger partial charge in [0, 0.05) is 20.1 Å². The zero-order valence-electron chi connectivity index (χ0n) is 16.7. The van der Waals surface area contributed by atoms with Crippen molar-refractivity contribution < 1.29 is 9.53 Å². The molecule has 6 nitrogen and oxygen atoms in total. The van der Waals surface area contributed by atoms with Crippen molar-refractivity contribution in [1.29, 1.82) is 0 Å². The Kier molecular flexibility index (Phi) is 7.20. The van der Waals surface area contributed by atoms with Gasteiger partial charge in [0.15, 0.2) is 5.96 Å². The first-order valence-electron chi connectivity index (χ1n) is 10.1. The zero-order chi connectivity index (χ0) is 18.8. The normalized spacial score (nSPS) is 28.3. The first-order valence-corrected chi connectivity index (χ1v) is 10.1. The molecule has 1 aromatic rings. The van der Waals surface area contributed by atoms with Gasteiger partial charge in [0.25, 0.3) is 0 Å². The van der Waals surface area contributed by atoms with Gasteiger partial charge >= 0.3 is 0 Å². The topological polar surface area (TPSA) is 66.0 Å². The maximum Gasteiger partial charge on any atom is 0.243 e. The highest BCUT2D eigenvalue weighted by Gasteiger charge is 2.41. The highest BCUT2D eigenvalue weighted by Crippen LogP contribution is 2.34. The largest absolute Gasteiger partial charge is 0.373 e. The highest BCUT2D eigenvalue weighted by atomic mass is 127. The van der Waals surface area contributed by atoms with Crippen LogP contribution in [0.25, 0.3) is 0 Å². The second-order valence-corrected chi connectivity index (χ2v) is 8.17. The molecule has 4 atom stereocenters. The summed E-state index contributed by atoms with van der Waals surface area (Å²) in [5.74, 6) is 0.755. The molecule has 7 heteroatoms. The summed E-state index contributed by atoms with van der Waals surface area (Å²) < 4.78 is 5.97. The molecule has 2 heterocycles. The minimum Gasteiger partial charge on any atom is -0.373 e. The molecule has 4 rings (SSSR count). The Morgan fingerprint density at radius 3 is 2.64 bits per heavy atom. The summed E-state index contributed by atoms with van der Waals surface area (Å²) in [5, 5.41) is 7.15. The summed E-state index contributed by atoms with van der Waals surface area (Å²) in [6, 6.07) is 9.29. The molecule has 0 radical (unpaired) electrons. The van der Waals surface area contributed by atoms with Crippen LogP contribution in [0, 0.1) is 0 Å². The van der Waals surface area contributed by atoms with Gasteiger partial charge in [-0.3, -0.25) is 4.79 Å². The Morgan fingerprint density at radius 2 is 1.96 bits per heavy atom. The Bertz CT molecular complexity index is 724. The molecule has 3 aliphatic rings. The second-order valence-electron chi connectivity index (χ2n) is 8.17. The monoisotopic (exact) mass is 498 g/mol. The van der Waals surface area contributed by atoms with Gasteiger partial charge in [0.05, 0.1) is 18.2 Å². The fourth-order valence-corrected chi connectivity index (χ4v) is 4.40. The molecule has 4 unspecified atom stereocenters. The standard InChI is InChI=1S/C21H30N4O2.HI/c1-25(2)20(26)13-22-21(24-18-12-17-9-10-19(18)27-17)23-16-8-7-14-5-3-4-6-15(14)11-16;/h3-6,16-19H,7-13H2,1-2H3,(H2,22,23,24);1H. The van der Waals surface area contributed by atoms with E-state index in [1.165, 1.54) is 17.5 Å². The lowest BCUT2D eigenvalue weighted by Gasteiger charge is -2.29. The van der Waals surface area contributed by atoms with E-state index >= 15 is 0 Å². The maximum absolute atomic E-state index is 12.0. The number of carbonyl (C=O) groups is 1. The van der Waals surface area contributed by atoms with Crippen molar-refractivity contribution >= 4 is 35.8 Å². The van der Waals surface area contributed by atoms with Crippen molar-refractivity contribution in [1.82, 2.24) is 15.5 Å². The van der Waals surface area contributed by atoms with Crippen LogP contribution in [-0.2, 0) is 22.4 Å². The number of amides is 1. The van der Waals surface area contributed by atoms with E-state index in [0.717, 1.165) is 38.1 Å². The van der Waals surface area contributed by atoms with E-state index in [1.54, 1.807) is 19.0 Å². The van der Waals surface area contributed by atoms with E-state index < -0.39 is 0 Å². The lowest BCUT2D eigenvalue weighted by molar-refractivity contribution is -0.127. The molecule has 2 fully saturated rings. The third kappa shape index (κ3) is 4.97. The summed E-state index contributed by atoms with van der Waals surface area (Å²) in [6.45, 7) is 0.160. The molecule has 0 spiro atoms. The Morgan fingerprint density at radius 1 is 1.18 bits per heavy atom. The van der Waals surface area contributed by atoms with E-state index in [2.05, 4.69) is 39.9 Å². The van der Waals surface area contributed by atoms with E-state index in [9.17, 15) is 4.79 Å². The summed E-state index contributed by atoms with van der Waals surface area (Å²) >= 11 is 0. The van der Waals surface area contributed by atoms with Gasteiger partial charge in [-0.05, 0) is 49.7 Å². The average Bonchev–Trinajstić information content (AvgIpc) is 3.28. The van der Waals surface area contributed by atoms with Crippen molar-refractivity contribution in [3.05, 3.63) is 35.4 Å². The van der Waals surface area contributed by atoms with Crippen LogP contribution in [0.3, 0.4) is 0 Å². The number of fused-ring (bicyclic) bond motifs is 3. The molecular formula is C21H31IN4O2. The number of benzene rings is 1. The lowest BCUT2D eigenvalue weighted by atomic mass is 9.88. The quantitative estimate of drug-likeness (QED) is 0.379. The second kappa shape index (κ2) is 9.43. The van der Waals surface area contributed by atoms with Crippen LogP contribution in [0.4, 0.5) is 0 Å². The summed E-state index contributed by atoms with van der Waals surface area (Å²) in [4.78, 5) is 18.2. The molecule has 2 N–H and O–H groups in total. The smallest absolute Gasteiger partial charge is 0.243 e. The number of likely N-dealkylation sites (N-methyl/N-ethyl adjacent to an activating group) is 1. The molecule has 0 saturated carbocycles. The molecule has 2 saturated heterocycles. The van der Waals surface area contributed by atoms with E-state index in [-0.39, 0.29) is 42.5 Å². The molecule has 1 amide bonds. The minimum atomic E-state index is 0. The predicted octanol–water partition coefficient (Wildman–Crippen LogP) is 2.11. The molecule has 2 aliphatic heterocycles. The number of hydrogen-bond acceptors (Lipinski definition) is 3. The Balaban J connectivity index is 0.00000225. The van der Waals surface area contributed by atoms with Crippen LogP contribution in [-0.4, -0.2) is 61.7 Å². The number of halogens is 1. The van der Waals surface area contributed by atoms with Gasteiger partial charge in [-0.15, -0.1) is 24.0 Å². The van der Waals surface area contributed by atoms with Crippen molar-refractivity contribution in [2.75, 3.05) is 20.6 Å². The maximum atomic E-state index is 12.0. The van der Waals surface area contributed by atoms with Gasteiger partial charge in [0.2, 0.25) is 5.91 Å². The molecular weight excluding hydrogens is 467 g/mol. The number of rotatable bonds is 4. The van der Waals surface area contributed by atoms with E-state index in [1.807, 2.05) is 0 Å². The molecule has 1 aliphatic carbocycles.